The molecule has 0 radical (unpaired) electrons. The molecule has 1 rings (SSSR count). The maximum absolute atomic E-state index is 12.5. The smallest absolute Gasteiger partial charge is 0.416 e. The second-order valence-corrected chi connectivity index (χ2v) is 5.61. The minimum Gasteiger partial charge on any atom is -0.444 e. The van der Waals surface area contributed by atoms with Gasteiger partial charge in [0, 0.05) is 0 Å². The highest BCUT2D eigenvalue weighted by Gasteiger charge is 2.30. The first-order valence-corrected chi connectivity index (χ1v) is 6.55. The van der Waals surface area contributed by atoms with Gasteiger partial charge in [-0.25, -0.2) is 4.79 Å². The van der Waals surface area contributed by atoms with Gasteiger partial charge in [0.2, 0.25) is 0 Å². The van der Waals surface area contributed by atoms with Crippen molar-refractivity contribution in [1.29, 1.82) is 0 Å². The molecule has 0 heterocycles. The van der Waals surface area contributed by atoms with E-state index >= 15 is 0 Å². The molecule has 1 atom stereocenters. The normalized spacial score (nSPS) is 13.0. The monoisotopic (exact) mass is 313 g/mol. The largest absolute Gasteiger partial charge is 0.444 e. The van der Waals surface area contributed by atoms with E-state index in [0.29, 0.717) is 5.56 Å². The third kappa shape index (κ3) is 5.66. The van der Waals surface area contributed by atoms with Crippen molar-refractivity contribution in [2.75, 3.05) is 0 Å². The minimum absolute atomic E-state index is 0.468. The highest BCUT2D eigenvalue weighted by atomic mass is 19.4. The molecule has 0 fully saturated rings. The molecule has 0 bridgehead atoms. The summed E-state index contributed by atoms with van der Waals surface area (Å²) >= 11 is 0. The zero-order chi connectivity index (χ0) is 17.0. The summed E-state index contributed by atoms with van der Waals surface area (Å²) < 4.78 is 42.8. The van der Waals surface area contributed by atoms with Crippen LogP contribution in [0.15, 0.2) is 42.7 Å². The highest BCUT2D eigenvalue weighted by Crippen LogP contribution is 2.30. The van der Waals surface area contributed by atoms with Crippen LogP contribution in [0.5, 0.6) is 0 Å². The Labute approximate surface area is 127 Å². The zero-order valence-corrected chi connectivity index (χ0v) is 12.6. The second-order valence-electron chi connectivity index (χ2n) is 5.61. The van der Waals surface area contributed by atoms with Gasteiger partial charge in [0.05, 0.1) is 11.6 Å². The topological polar surface area (TPSA) is 38.3 Å². The van der Waals surface area contributed by atoms with Crippen molar-refractivity contribution in [2.24, 2.45) is 0 Å². The van der Waals surface area contributed by atoms with E-state index < -0.39 is 29.5 Å². The predicted molar refractivity (Wildman–Crippen MR) is 77.3 cm³/mol. The maximum Gasteiger partial charge on any atom is 0.416 e. The van der Waals surface area contributed by atoms with Gasteiger partial charge in [-0.05, 0) is 44.5 Å². The van der Waals surface area contributed by atoms with E-state index in [1.807, 2.05) is 0 Å². The van der Waals surface area contributed by atoms with Crippen LogP contribution in [0.3, 0.4) is 0 Å². The predicted octanol–water partition coefficient (Wildman–Crippen LogP) is 4.61. The van der Waals surface area contributed by atoms with E-state index in [0.717, 1.165) is 12.1 Å². The van der Waals surface area contributed by atoms with Crippen molar-refractivity contribution in [3.63, 3.8) is 0 Å². The third-order valence-electron chi connectivity index (χ3n) is 2.55. The Morgan fingerprint density at radius 2 is 1.82 bits per heavy atom. The molecule has 1 N–H and O–H groups in total. The van der Waals surface area contributed by atoms with E-state index in [2.05, 4.69) is 17.6 Å². The first-order valence-electron chi connectivity index (χ1n) is 6.55. The Morgan fingerprint density at radius 1 is 1.27 bits per heavy atom. The number of amides is 1. The number of carbonyl (C=O) groups excluding carboxylic acids is 1. The summed E-state index contributed by atoms with van der Waals surface area (Å²) in [7, 11) is 0. The van der Waals surface area contributed by atoms with Gasteiger partial charge >= 0.3 is 12.3 Å². The molecule has 1 aromatic carbocycles. The van der Waals surface area contributed by atoms with Gasteiger partial charge in [0.1, 0.15) is 5.60 Å². The Bertz CT molecular complexity index is 565. The molecule has 0 saturated heterocycles. The number of hydrogen-bond donors (Lipinski definition) is 1. The molecule has 22 heavy (non-hydrogen) atoms. The lowest BCUT2D eigenvalue weighted by atomic mass is 10.0. The molecule has 0 aliphatic rings. The van der Waals surface area contributed by atoms with Crippen LogP contribution in [-0.4, -0.2) is 11.7 Å². The summed E-state index contributed by atoms with van der Waals surface area (Å²) in [5, 5.41) is 2.55. The van der Waals surface area contributed by atoms with Crippen molar-refractivity contribution in [3.05, 3.63) is 53.8 Å². The van der Waals surface area contributed by atoms with Crippen molar-refractivity contribution < 1.29 is 22.7 Å². The summed E-state index contributed by atoms with van der Waals surface area (Å²) in [6.45, 7) is 8.55. The summed E-state index contributed by atoms with van der Waals surface area (Å²) in [5.74, 6) is 0. The van der Waals surface area contributed by atoms with E-state index in [9.17, 15) is 18.0 Å². The van der Waals surface area contributed by atoms with Gasteiger partial charge < -0.3 is 10.1 Å². The van der Waals surface area contributed by atoms with Gasteiger partial charge in [-0.2, -0.15) is 13.2 Å². The molecule has 120 valence electrons. The number of ether oxygens (including phenoxy) is 1. The first-order chi connectivity index (χ1) is 10.0. The van der Waals surface area contributed by atoms with Gasteiger partial charge in [-0.15, -0.1) is 5.73 Å². The van der Waals surface area contributed by atoms with Crippen molar-refractivity contribution in [2.45, 2.75) is 38.6 Å². The zero-order valence-electron chi connectivity index (χ0n) is 12.6. The van der Waals surface area contributed by atoms with Gasteiger partial charge in [0.25, 0.3) is 0 Å². The van der Waals surface area contributed by atoms with Crippen molar-refractivity contribution >= 4 is 6.09 Å². The molecule has 0 aromatic heterocycles. The molecule has 6 heteroatoms. The van der Waals surface area contributed by atoms with Crippen LogP contribution >= 0.6 is 0 Å². The van der Waals surface area contributed by atoms with Crippen molar-refractivity contribution in [3.8, 4) is 0 Å². The molecule has 0 saturated carbocycles. The average Bonchev–Trinajstić information content (AvgIpc) is 2.35. The number of carbonyl (C=O) groups is 1. The minimum atomic E-state index is -4.40. The number of benzene rings is 1. The number of hydrogen-bond acceptors (Lipinski definition) is 2. The fourth-order valence-corrected chi connectivity index (χ4v) is 1.65. The maximum atomic E-state index is 12.5. The molecule has 1 aromatic rings. The number of nitrogens with one attached hydrogen (secondary N) is 1. The van der Waals surface area contributed by atoms with Crippen LogP contribution in [0.2, 0.25) is 0 Å². The molecular formula is C16H18F3NO2. The number of alkyl halides is 3. The standard InChI is InChI=1S/C16H18F3NO2/c1-5-6-13(20-14(21)22-15(2,3)4)11-7-9-12(10-8-11)16(17,18)19/h6-10,13H,1H2,2-4H3,(H,20,21)/t13-/m1/s1. The van der Waals surface area contributed by atoms with Crippen LogP contribution in [0.25, 0.3) is 0 Å². The van der Waals surface area contributed by atoms with Crippen LogP contribution in [-0.2, 0) is 10.9 Å². The van der Waals surface area contributed by atoms with E-state index in [1.165, 1.54) is 18.2 Å². The third-order valence-corrected chi connectivity index (χ3v) is 2.55. The highest BCUT2D eigenvalue weighted by molar-refractivity contribution is 5.68. The van der Waals surface area contributed by atoms with Gasteiger partial charge in [-0.3, -0.25) is 0 Å². The quantitative estimate of drug-likeness (QED) is 0.827. The van der Waals surface area contributed by atoms with Crippen molar-refractivity contribution in [1.82, 2.24) is 5.32 Å². The molecule has 0 spiro atoms. The van der Waals surface area contributed by atoms with Gasteiger partial charge in [-0.1, -0.05) is 18.7 Å². The molecule has 3 nitrogen and oxygen atoms in total. The summed E-state index contributed by atoms with van der Waals surface area (Å²) in [4.78, 5) is 11.8. The van der Waals surface area contributed by atoms with E-state index in [1.54, 1.807) is 20.8 Å². The summed E-state index contributed by atoms with van der Waals surface area (Å²) in [6, 6.07) is 3.82. The Kier molecular flexibility index (Phi) is 5.44. The second kappa shape index (κ2) is 6.71. The first kappa shape index (κ1) is 17.9. The van der Waals surface area contributed by atoms with Crippen LogP contribution in [0, 0.1) is 0 Å². The average molecular weight is 313 g/mol. The Hall–Kier alpha value is -2.20. The fourth-order valence-electron chi connectivity index (χ4n) is 1.65. The van der Waals surface area contributed by atoms with E-state index in [-0.39, 0.29) is 0 Å². The van der Waals surface area contributed by atoms with E-state index in [4.69, 9.17) is 4.74 Å². The number of halogens is 3. The lowest BCUT2D eigenvalue weighted by Gasteiger charge is -2.22. The van der Waals surface area contributed by atoms with Crippen LogP contribution in [0.1, 0.15) is 37.9 Å². The van der Waals surface area contributed by atoms with Crippen LogP contribution in [0.4, 0.5) is 18.0 Å². The molecule has 0 unspecified atom stereocenters. The summed E-state index contributed by atoms with van der Waals surface area (Å²) in [5.41, 5.74) is 1.55. The molecule has 1 amide bonds. The molecule has 0 aliphatic carbocycles. The van der Waals surface area contributed by atoms with Gasteiger partial charge in [0.15, 0.2) is 0 Å². The molecule has 0 aliphatic heterocycles. The number of alkyl carbamates (subject to hydrolysis) is 1. The number of rotatable bonds is 3. The fraction of sp³-hybridized carbons (Fsp3) is 0.375. The Morgan fingerprint density at radius 3 is 2.23 bits per heavy atom. The summed E-state index contributed by atoms with van der Waals surface area (Å²) in [6.07, 6.45) is -3.64. The molecular weight excluding hydrogens is 295 g/mol. The SMILES string of the molecule is C=C=C[C@@H](NC(=O)OC(C)(C)C)c1ccc(C(F)(F)F)cc1. The Balaban J connectivity index is 2.92. The lowest BCUT2D eigenvalue weighted by Crippen LogP contribution is -2.34. The van der Waals surface area contributed by atoms with Crippen LogP contribution < -0.4 is 5.32 Å². The lowest BCUT2D eigenvalue weighted by molar-refractivity contribution is -0.137.